The molecule has 11 atom stereocenters. The van der Waals surface area contributed by atoms with Gasteiger partial charge in [0.25, 0.3) is 0 Å². The van der Waals surface area contributed by atoms with Gasteiger partial charge in [-0.2, -0.15) is 0 Å². The molecule has 1 heterocycles. The maximum absolute atomic E-state index is 13.2. The quantitative estimate of drug-likeness (QED) is 0.113. The average molecular weight is 709 g/mol. The third-order valence-electron chi connectivity index (χ3n) is 17.3. The van der Waals surface area contributed by atoms with Crippen molar-refractivity contribution in [1.29, 1.82) is 0 Å². The number of nitrogens with zero attached hydrogens (tertiary/aromatic N) is 1. The zero-order valence-corrected chi connectivity index (χ0v) is 34.1. The standard InChI is InChI=1S/C45H76N2O4/c1-30(2)33-27-31(18-23-46-22-12-26-47-24-10-11-25-47)32-15-20-44(8)34(40(32)33)13-14-36-43(7)19-17-37(42(5,6)35(43)16-21-45(36,44)9)51-39(50)29-41(3,4)28-38(48)49/h31-37,40,46H,1,10-29H2,2-9H3,(H,48,49)/t31-,32?,33+,34-,35+,36-,37+,40-,43+,44-,45-/m1/s1. The Labute approximate surface area is 312 Å². The van der Waals surface area contributed by atoms with Gasteiger partial charge in [0.1, 0.15) is 6.10 Å². The molecule has 0 aromatic rings. The summed E-state index contributed by atoms with van der Waals surface area (Å²) in [7, 11) is 0. The number of aliphatic carboxylic acids is 1. The van der Waals surface area contributed by atoms with Crippen LogP contribution in [0.25, 0.3) is 0 Å². The molecule has 0 aromatic carbocycles. The number of carbonyl (C=O) groups excluding carboxylic acids is 1. The molecular weight excluding hydrogens is 633 g/mol. The number of likely N-dealkylation sites (tertiary alicyclic amines) is 1. The first-order chi connectivity index (χ1) is 23.9. The minimum absolute atomic E-state index is 0.0253. The van der Waals surface area contributed by atoms with Crippen molar-refractivity contribution in [1.82, 2.24) is 10.2 Å². The molecule has 51 heavy (non-hydrogen) atoms. The number of carboxylic acid groups (broad SMARTS) is 1. The van der Waals surface area contributed by atoms with Crippen LogP contribution in [-0.4, -0.2) is 60.8 Å². The van der Waals surface area contributed by atoms with Crippen molar-refractivity contribution in [2.75, 3.05) is 32.7 Å². The second kappa shape index (κ2) is 14.7. The molecule has 1 saturated heterocycles. The lowest BCUT2D eigenvalue weighted by Crippen LogP contribution is -2.66. The SMILES string of the molecule is C=C(C)[C@@H]1C[C@@H](CCNCCCN2CCCC2)C2CC[C@]3(C)[C@H](CC[C@@H]4[C@@]5(C)CC[C@H](OC(=O)CC(C)(C)CC(=O)O)C(C)(C)[C@@H]5CC[C@]43C)[C@H]21. The maximum Gasteiger partial charge on any atom is 0.306 e. The first-order valence-electron chi connectivity index (χ1n) is 21.4. The highest BCUT2D eigenvalue weighted by atomic mass is 16.5. The lowest BCUT2D eigenvalue weighted by Gasteiger charge is -2.72. The van der Waals surface area contributed by atoms with Gasteiger partial charge in [-0.15, -0.1) is 0 Å². The summed E-state index contributed by atoms with van der Waals surface area (Å²) < 4.78 is 6.30. The molecule has 6 aliphatic rings. The summed E-state index contributed by atoms with van der Waals surface area (Å²) in [4.78, 5) is 27.2. The highest BCUT2D eigenvalue weighted by Gasteiger charge is 2.69. The van der Waals surface area contributed by atoms with E-state index in [-0.39, 0.29) is 35.7 Å². The van der Waals surface area contributed by atoms with Gasteiger partial charge in [0.15, 0.2) is 0 Å². The van der Waals surface area contributed by atoms with Gasteiger partial charge >= 0.3 is 11.9 Å². The number of esters is 1. The number of allylic oxidation sites excluding steroid dienone is 1. The fourth-order valence-corrected chi connectivity index (χ4v) is 14.8. The molecule has 0 aromatic heterocycles. The summed E-state index contributed by atoms with van der Waals surface area (Å²) >= 11 is 0. The Balaban J connectivity index is 1.12. The average Bonchev–Trinajstić information content (AvgIpc) is 3.68. The molecule has 6 fully saturated rings. The third kappa shape index (κ3) is 7.26. The van der Waals surface area contributed by atoms with Crippen LogP contribution in [0.3, 0.4) is 0 Å². The van der Waals surface area contributed by atoms with Crippen molar-refractivity contribution in [2.45, 2.75) is 158 Å². The van der Waals surface area contributed by atoms with E-state index < -0.39 is 11.4 Å². The first-order valence-corrected chi connectivity index (χ1v) is 21.4. The van der Waals surface area contributed by atoms with E-state index in [1.807, 2.05) is 13.8 Å². The molecule has 290 valence electrons. The number of hydrogen-bond acceptors (Lipinski definition) is 5. The summed E-state index contributed by atoms with van der Waals surface area (Å²) in [5.74, 6) is 4.06. The zero-order chi connectivity index (χ0) is 37.0. The van der Waals surface area contributed by atoms with Crippen LogP contribution >= 0.6 is 0 Å². The van der Waals surface area contributed by atoms with Gasteiger partial charge in [-0.1, -0.05) is 60.6 Å². The van der Waals surface area contributed by atoms with Gasteiger partial charge in [-0.3, -0.25) is 9.59 Å². The summed E-state index contributed by atoms with van der Waals surface area (Å²) in [5.41, 5.74) is 1.63. The highest BCUT2D eigenvalue weighted by Crippen LogP contribution is 2.76. The van der Waals surface area contributed by atoms with E-state index in [4.69, 9.17) is 4.74 Å². The van der Waals surface area contributed by atoms with Crippen molar-refractivity contribution in [3.8, 4) is 0 Å². The monoisotopic (exact) mass is 709 g/mol. The van der Waals surface area contributed by atoms with Crippen molar-refractivity contribution in [3.63, 3.8) is 0 Å². The van der Waals surface area contributed by atoms with Gasteiger partial charge in [0, 0.05) is 5.41 Å². The molecule has 0 bridgehead atoms. The number of fused-ring (bicyclic) bond motifs is 7. The molecule has 5 saturated carbocycles. The Morgan fingerprint density at radius 1 is 0.902 bits per heavy atom. The van der Waals surface area contributed by atoms with Crippen LogP contribution in [-0.2, 0) is 14.3 Å². The van der Waals surface area contributed by atoms with Crippen molar-refractivity contribution >= 4 is 11.9 Å². The number of carboxylic acids is 1. The van der Waals surface area contributed by atoms with Gasteiger partial charge in [-0.05, 0) is 186 Å². The van der Waals surface area contributed by atoms with Crippen molar-refractivity contribution < 1.29 is 19.4 Å². The normalized spacial score (nSPS) is 42.0. The summed E-state index contributed by atoms with van der Waals surface area (Å²) in [6, 6.07) is 0. The van der Waals surface area contributed by atoms with Crippen molar-refractivity contribution in [3.05, 3.63) is 12.2 Å². The zero-order valence-electron chi connectivity index (χ0n) is 34.1. The molecule has 6 nitrogen and oxygen atoms in total. The van der Waals surface area contributed by atoms with Gasteiger partial charge in [0.2, 0.25) is 0 Å². The smallest absolute Gasteiger partial charge is 0.306 e. The molecule has 1 unspecified atom stereocenters. The van der Waals surface area contributed by atoms with E-state index in [9.17, 15) is 14.7 Å². The number of carbonyl (C=O) groups is 2. The van der Waals surface area contributed by atoms with Crippen LogP contribution < -0.4 is 5.32 Å². The molecule has 0 radical (unpaired) electrons. The summed E-state index contributed by atoms with van der Waals surface area (Å²) in [6.07, 6.45) is 16.7. The molecule has 0 spiro atoms. The maximum atomic E-state index is 13.2. The number of hydrogen-bond donors (Lipinski definition) is 2. The summed E-state index contributed by atoms with van der Waals surface area (Å²) in [6.45, 7) is 29.7. The van der Waals surface area contributed by atoms with E-state index in [0.717, 1.165) is 43.1 Å². The lowest BCUT2D eigenvalue weighted by molar-refractivity contribution is -0.245. The van der Waals surface area contributed by atoms with E-state index >= 15 is 0 Å². The van der Waals surface area contributed by atoms with Gasteiger partial charge < -0.3 is 20.1 Å². The molecular formula is C45H76N2O4. The Hall–Kier alpha value is -1.40. The van der Waals surface area contributed by atoms with E-state index in [2.05, 4.69) is 58.3 Å². The number of nitrogens with one attached hydrogen (secondary N) is 1. The molecule has 6 heteroatoms. The second-order valence-electron chi connectivity index (χ2n) is 21.1. The minimum atomic E-state index is -0.863. The summed E-state index contributed by atoms with van der Waals surface area (Å²) in [5, 5.41) is 13.2. The Bertz CT molecular complexity index is 1290. The lowest BCUT2D eigenvalue weighted by atomic mass is 9.33. The molecule has 0 amide bonds. The van der Waals surface area contributed by atoms with E-state index in [0.29, 0.717) is 28.6 Å². The van der Waals surface area contributed by atoms with Crippen molar-refractivity contribution in [2.24, 2.45) is 68.5 Å². The third-order valence-corrected chi connectivity index (χ3v) is 17.3. The molecule has 6 rings (SSSR count). The molecule has 1 aliphatic heterocycles. The Morgan fingerprint density at radius 2 is 1.61 bits per heavy atom. The molecule has 2 N–H and O–H groups in total. The van der Waals surface area contributed by atoms with Crippen LogP contribution in [0, 0.1) is 68.5 Å². The predicted molar refractivity (Wildman–Crippen MR) is 207 cm³/mol. The fourth-order valence-electron chi connectivity index (χ4n) is 14.8. The fraction of sp³-hybridized carbons (Fsp3) is 0.911. The topological polar surface area (TPSA) is 78.9 Å². The highest BCUT2D eigenvalue weighted by molar-refractivity contribution is 5.73. The Morgan fingerprint density at radius 3 is 2.29 bits per heavy atom. The van der Waals surface area contributed by atoms with Crippen LogP contribution in [0.4, 0.5) is 0 Å². The van der Waals surface area contributed by atoms with E-state index in [1.165, 1.54) is 102 Å². The van der Waals surface area contributed by atoms with Crippen LogP contribution in [0.1, 0.15) is 152 Å². The van der Waals surface area contributed by atoms with Gasteiger partial charge in [0.05, 0.1) is 12.8 Å². The second-order valence-corrected chi connectivity index (χ2v) is 21.1. The number of ether oxygens (including phenoxy) is 1. The van der Waals surface area contributed by atoms with Crippen LogP contribution in [0.2, 0.25) is 0 Å². The van der Waals surface area contributed by atoms with Crippen LogP contribution in [0.5, 0.6) is 0 Å². The van der Waals surface area contributed by atoms with Crippen LogP contribution in [0.15, 0.2) is 12.2 Å². The predicted octanol–water partition coefficient (Wildman–Crippen LogP) is 9.77. The van der Waals surface area contributed by atoms with E-state index in [1.54, 1.807) is 0 Å². The minimum Gasteiger partial charge on any atom is -0.481 e. The molecule has 5 aliphatic carbocycles. The largest absolute Gasteiger partial charge is 0.481 e. The number of rotatable bonds is 13. The first kappa shape index (κ1) is 39.3. The van der Waals surface area contributed by atoms with Gasteiger partial charge in [-0.25, -0.2) is 0 Å². The Kier molecular flexibility index (Phi) is 11.3.